The monoisotopic (exact) mass is 271 g/mol. The Morgan fingerprint density at radius 1 is 1.20 bits per heavy atom. The predicted octanol–water partition coefficient (Wildman–Crippen LogP) is 1.21. The second kappa shape index (κ2) is 4.41. The first kappa shape index (κ1) is 12.3. The van der Waals surface area contributed by atoms with Crippen molar-refractivity contribution in [2.75, 3.05) is 0 Å². The van der Waals surface area contributed by atoms with Gasteiger partial charge < -0.3 is 5.11 Å². The molecule has 0 aliphatic heterocycles. The molecule has 0 aliphatic carbocycles. The van der Waals surface area contributed by atoms with Gasteiger partial charge in [-0.15, -0.1) is 0 Å². The van der Waals surface area contributed by atoms with E-state index in [0.29, 0.717) is 17.7 Å². The summed E-state index contributed by atoms with van der Waals surface area (Å²) < 4.78 is 2.47. The number of fused-ring (bicyclic) bond motifs is 1. The summed E-state index contributed by atoms with van der Waals surface area (Å²) in [4.78, 5) is 24.2. The van der Waals surface area contributed by atoms with E-state index in [-0.39, 0.29) is 22.4 Å². The molecule has 0 radical (unpaired) electrons. The lowest BCUT2D eigenvalue weighted by molar-refractivity contribution is 0.418. The molecule has 102 valence electrons. The fraction of sp³-hybridized carbons (Fsp3) is 0.143. The lowest BCUT2D eigenvalue weighted by Crippen LogP contribution is -2.19. The van der Waals surface area contributed by atoms with Crippen LogP contribution in [0.4, 0.5) is 0 Å². The number of aromatic nitrogens is 3. The Morgan fingerprint density at radius 3 is 2.55 bits per heavy atom. The molecule has 2 aromatic heterocycles. The third-order valence-corrected chi connectivity index (χ3v) is 3.26. The van der Waals surface area contributed by atoms with Crippen LogP contribution in [0.25, 0.3) is 16.6 Å². The highest BCUT2D eigenvalue weighted by Gasteiger charge is 2.16. The van der Waals surface area contributed by atoms with Crippen molar-refractivity contribution in [1.82, 2.24) is 14.3 Å². The van der Waals surface area contributed by atoms with Crippen molar-refractivity contribution in [2.45, 2.75) is 13.5 Å². The number of benzene rings is 1. The van der Waals surface area contributed by atoms with Gasteiger partial charge in [-0.1, -0.05) is 18.2 Å². The molecule has 6 heteroatoms. The van der Waals surface area contributed by atoms with Gasteiger partial charge in [0.25, 0.3) is 11.1 Å². The molecule has 2 N–H and O–H groups in total. The second-order valence-corrected chi connectivity index (χ2v) is 4.43. The van der Waals surface area contributed by atoms with Crippen LogP contribution in [0.3, 0.4) is 0 Å². The number of pyridine rings is 1. The molecule has 3 aromatic rings. The van der Waals surface area contributed by atoms with Crippen LogP contribution in [0.5, 0.6) is 5.88 Å². The Kier molecular flexibility index (Phi) is 2.71. The smallest absolute Gasteiger partial charge is 0.284 e. The highest BCUT2D eigenvalue weighted by Crippen LogP contribution is 2.18. The van der Waals surface area contributed by atoms with Crippen molar-refractivity contribution >= 4 is 10.9 Å². The number of nitrogens with one attached hydrogen (secondary N) is 1. The number of aromatic hydroxyl groups is 1. The number of H-pyrrole nitrogens is 1. The molecule has 0 amide bonds. The van der Waals surface area contributed by atoms with Crippen LogP contribution < -0.4 is 11.1 Å². The summed E-state index contributed by atoms with van der Waals surface area (Å²) in [5.41, 5.74) is 0.236. The van der Waals surface area contributed by atoms with E-state index in [1.54, 1.807) is 31.2 Å². The first-order chi connectivity index (χ1) is 9.63. The van der Waals surface area contributed by atoms with E-state index in [0.717, 1.165) is 4.57 Å². The average Bonchev–Trinajstić information content (AvgIpc) is 2.77. The molecule has 0 atom stereocenters. The van der Waals surface area contributed by atoms with Gasteiger partial charge in [-0.05, 0) is 19.1 Å². The summed E-state index contributed by atoms with van der Waals surface area (Å²) in [6, 6.07) is 10.3. The van der Waals surface area contributed by atoms with Gasteiger partial charge in [0.1, 0.15) is 5.39 Å². The molecule has 0 spiro atoms. The second-order valence-electron chi connectivity index (χ2n) is 4.43. The van der Waals surface area contributed by atoms with E-state index in [1.807, 2.05) is 6.07 Å². The molecular weight excluding hydrogens is 258 g/mol. The molecule has 20 heavy (non-hydrogen) atoms. The van der Waals surface area contributed by atoms with E-state index in [4.69, 9.17) is 0 Å². The normalized spacial score (nSPS) is 11.1. The fourth-order valence-electron chi connectivity index (χ4n) is 2.28. The van der Waals surface area contributed by atoms with E-state index in [2.05, 4.69) is 5.10 Å². The zero-order valence-corrected chi connectivity index (χ0v) is 10.8. The van der Waals surface area contributed by atoms with Gasteiger partial charge >= 0.3 is 0 Å². The van der Waals surface area contributed by atoms with Crippen molar-refractivity contribution in [2.24, 2.45) is 0 Å². The lowest BCUT2D eigenvalue weighted by Gasteiger charge is -2.03. The summed E-state index contributed by atoms with van der Waals surface area (Å²) in [5.74, 6) is -0.300. The van der Waals surface area contributed by atoms with Crippen LogP contribution in [0, 0.1) is 0 Å². The van der Waals surface area contributed by atoms with Gasteiger partial charge in [-0.2, -0.15) is 0 Å². The van der Waals surface area contributed by atoms with E-state index in [1.165, 1.54) is 10.7 Å². The van der Waals surface area contributed by atoms with Gasteiger partial charge in [-0.3, -0.25) is 19.3 Å². The van der Waals surface area contributed by atoms with Gasteiger partial charge in [0.05, 0.1) is 11.2 Å². The number of para-hydroxylation sites is 1. The third kappa shape index (κ3) is 1.65. The highest BCUT2D eigenvalue weighted by molar-refractivity contribution is 5.83. The standard InChI is InChI=1S/C14H13N3O3/c1-2-16-11(18)8-10-12(13(16)19)14(20)17(15-10)9-6-4-3-5-7-9/h3-8,15,19H,2H2,1H3. The SMILES string of the molecule is CCn1c(O)c2c(=O)n(-c3ccccc3)[nH]c2cc1=O. The number of hydrogen-bond donors (Lipinski definition) is 2. The Bertz CT molecular complexity index is 888. The minimum Gasteiger partial charge on any atom is -0.494 e. The molecule has 0 unspecified atom stereocenters. The summed E-state index contributed by atoms with van der Waals surface area (Å²) in [5, 5.41) is 13.1. The molecule has 3 rings (SSSR count). The maximum Gasteiger partial charge on any atom is 0.284 e. The number of aromatic amines is 1. The molecule has 2 heterocycles. The largest absolute Gasteiger partial charge is 0.494 e. The fourth-order valence-corrected chi connectivity index (χ4v) is 2.28. The van der Waals surface area contributed by atoms with Crippen LogP contribution in [0.1, 0.15) is 6.92 Å². The molecule has 0 fully saturated rings. The van der Waals surface area contributed by atoms with Crippen molar-refractivity contribution in [3.63, 3.8) is 0 Å². The van der Waals surface area contributed by atoms with Gasteiger partial charge in [-0.25, -0.2) is 4.68 Å². The molecule has 0 saturated heterocycles. The molecule has 6 nitrogen and oxygen atoms in total. The van der Waals surface area contributed by atoms with Crippen molar-refractivity contribution in [3.8, 4) is 11.6 Å². The van der Waals surface area contributed by atoms with Crippen molar-refractivity contribution in [3.05, 3.63) is 57.1 Å². The van der Waals surface area contributed by atoms with Gasteiger partial charge in [0.15, 0.2) is 0 Å². The maximum atomic E-state index is 12.4. The third-order valence-electron chi connectivity index (χ3n) is 3.26. The minimum absolute atomic E-state index is 0.121. The predicted molar refractivity (Wildman–Crippen MR) is 75.5 cm³/mol. The first-order valence-electron chi connectivity index (χ1n) is 6.26. The van der Waals surface area contributed by atoms with Crippen LogP contribution >= 0.6 is 0 Å². The number of nitrogens with zero attached hydrogens (tertiary/aromatic N) is 2. The van der Waals surface area contributed by atoms with Crippen LogP contribution in [0.15, 0.2) is 46.0 Å². The Labute approximate surface area is 113 Å². The van der Waals surface area contributed by atoms with E-state index < -0.39 is 0 Å². The Balaban J connectivity index is 2.40. The summed E-state index contributed by atoms with van der Waals surface area (Å²) >= 11 is 0. The van der Waals surface area contributed by atoms with E-state index >= 15 is 0 Å². The van der Waals surface area contributed by atoms with Gasteiger partial charge in [0.2, 0.25) is 5.88 Å². The van der Waals surface area contributed by atoms with Crippen molar-refractivity contribution < 1.29 is 5.11 Å². The van der Waals surface area contributed by atoms with Crippen LogP contribution in [0.2, 0.25) is 0 Å². The first-order valence-corrected chi connectivity index (χ1v) is 6.26. The zero-order valence-electron chi connectivity index (χ0n) is 10.8. The minimum atomic E-state index is -0.383. The topological polar surface area (TPSA) is 80.0 Å². The number of hydrogen-bond acceptors (Lipinski definition) is 3. The average molecular weight is 271 g/mol. The molecule has 0 bridgehead atoms. The summed E-state index contributed by atoms with van der Waals surface area (Å²) in [6.45, 7) is 2.03. The molecule has 0 saturated carbocycles. The Hall–Kier alpha value is -2.76. The quantitative estimate of drug-likeness (QED) is 0.735. The maximum absolute atomic E-state index is 12.4. The highest BCUT2D eigenvalue weighted by atomic mass is 16.3. The summed E-state index contributed by atoms with van der Waals surface area (Å²) in [7, 11) is 0. The zero-order chi connectivity index (χ0) is 14.3. The van der Waals surface area contributed by atoms with Crippen LogP contribution in [-0.4, -0.2) is 19.5 Å². The van der Waals surface area contributed by atoms with E-state index in [9.17, 15) is 14.7 Å². The molecule has 1 aromatic carbocycles. The summed E-state index contributed by atoms with van der Waals surface area (Å²) in [6.07, 6.45) is 0. The van der Waals surface area contributed by atoms with Gasteiger partial charge in [0, 0.05) is 12.6 Å². The number of rotatable bonds is 2. The lowest BCUT2D eigenvalue weighted by atomic mass is 10.3. The van der Waals surface area contributed by atoms with Crippen LogP contribution in [-0.2, 0) is 6.54 Å². The Morgan fingerprint density at radius 2 is 1.90 bits per heavy atom. The van der Waals surface area contributed by atoms with Crippen molar-refractivity contribution in [1.29, 1.82) is 0 Å². The molecule has 0 aliphatic rings. The molecular formula is C14H13N3O3.